The standard InChI is InChI=1S/C13H21NO2/c1-13(10-15,11-16-2)9-14-8-12-6-4-3-5-7-12/h3-7,14-15H,8-11H2,1-2H3. The smallest absolute Gasteiger partial charge is 0.0550 e. The molecule has 0 spiro atoms. The van der Waals surface area contributed by atoms with Crippen LogP contribution in [0, 0.1) is 5.41 Å². The van der Waals surface area contributed by atoms with Crippen molar-refractivity contribution in [3.05, 3.63) is 35.9 Å². The minimum atomic E-state index is -0.205. The van der Waals surface area contributed by atoms with Crippen molar-refractivity contribution < 1.29 is 9.84 Å². The summed E-state index contributed by atoms with van der Waals surface area (Å²) >= 11 is 0. The third-order valence-electron chi connectivity index (χ3n) is 2.60. The molecule has 0 bridgehead atoms. The molecule has 0 amide bonds. The molecule has 2 N–H and O–H groups in total. The van der Waals surface area contributed by atoms with Crippen LogP contribution in [0.1, 0.15) is 12.5 Å². The minimum absolute atomic E-state index is 0.128. The Kier molecular flexibility index (Phi) is 5.46. The molecule has 0 heterocycles. The number of benzene rings is 1. The Balaban J connectivity index is 2.34. The predicted molar refractivity (Wildman–Crippen MR) is 65.2 cm³/mol. The van der Waals surface area contributed by atoms with E-state index >= 15 is 0 Å². The first-order valence-electron chi connectivity index (χ1n) is 5.55. The zero-order chi connectivity index (χ0) is 11.9. The number of nitrogens with one attached hydrogen (secondary N) is 1. The lowest BCUT2D eigenvalue weighted by molar-refractivity contribution is 0.0424. The summed E-state index contributed by atoms with van der Waals surface area (Å²) in [5, 5.41) is 12.6. The molecule has 16 heavy (non-hydrogen) atoms. The highest BCUT2D eigenvalue weighted by atomic mass is 16.5. The SMILES string of the molecule is COCC(C)(CO)CNCc1ccccc1. The zero-order valence-electron chi connectivity index (χ0n) is 10.1. The molecular weight excluding hydrogens is 202 g/mol. The van der Waals surface area contributed by atoms with E-state index in [0.717, 1.165) is 13.1 Å². The number of rotatable bonds is 7. The number of hydrogen-bond acceptors (Lipinski definition) is 3. The highest BCUT2D eigenvalue weighted by Crippen LogP contribution is 2.14. The van der Waals surface area contributed by atoms with Crippen molar-refractivity contribution in [3.63, 3.8) is 0 Å². The van der Waals surface area contributed by atoms with Crippen LogP contribution in [0.5, 0.6) is 0 Å². The van der Waals surface area contributed by atoms with E-state index in [1.807, 2.05) is 25.1 Å². The summed E-state index contributed by atoms with van der Waals surface area (Å²) in [5.41, 5.74) is 1.05. The quantitative estimate of drug-likeness (QED) is 0.734. The van der Waals surface area contributed by atoms with E-state index in [1.54, 1.807) is 7.11 Å². The third-order valence-corrected chi connectivity index (χ3v) is 2.60. The number of methoxy groups -OCH3 is 1. The van der Waals surface area contributed by atoms with E-state index in [0.29, 0.717) is 6.61 Å². The van der Waals surface area contributed by atoms with E-state index in [-0.39, 0.29) is 12.0 Å². The highest BCUT2D eigenvalue weighted by molar-refractivity contribution is 5.14. The second kappa shape index (κ2) is 6.63. The van der Waals surface area contributed by atoms with Gasteiger partial charge in [-0.05, 0) is 5.56 Å². The minimum Gasteiger partial charge on any atom is -0.396 e. The molecule has 1 aromatic rings. The van der Waals surface area contributed by atoms with Gasteiger partial charge in [0.25, 0.3) is 0 Å². The van der Waals surface area contributed by atoms with Gasteiger partial charge < -0.3 is 15.2 Å². The van der Waals surface area contributed by atoms with Crippen molar-refractivity contribution in [2.24, 2.45) is 5.41 Å². The molecule has 3 heteroatoms. The van der Waals surface area contributed by atoms with Crippen molar-refractivity contribution in [3.8, 4) is 0 Å². The molecule has 1 aromatic carbocycles. The Morgan fingerprint density at radius 1 is 1.31 bits per heavy atom. The first-order chi connectivity index (χ1) is 7.70. The fraction of sp³-hybridized carbons (Fsp3) is 0.538. The maximum atomic E-state index is 9.29. The van der Waals surface area contributed by atoms with Crippen molar-refractivity contribution in [1.82, 2.24) is 5.32 Å². The topological polar surface area (TPSA) is 41.5 Å². The lowest BCUT2D eigenvalue weighted by Crippen LogP contribution is -2.38. The molecule has 1 unspecified atom stereocenters. The molecule has 0 aliphatic carbocycles. The van der Waals surface area contributed by atoms with Gasteiger partial charge in [-0.3, -0.25) is 0 Å². The summed E-state index contributed by atoms with van der Waals surface area (Å²) < 4.78 is 5.10. The first-order valence-corrected chi connectivity index (χ1v) is 5.55. The molecule has 1 rings (SSSR count). The molecule has 0 aliphatic heterocycles. The predicted octanol–water partition coefficient (Wildman–Crippen LogP) is 1.42. The Morgan fingerprint density at radius 3 is 2.56 bits per heavy atom. The summed E-state index contributed by atoms with van der Waals surface area (Å²) in [6, 6.07) is 10.2. The molecule has 1 atom stereocenters. The lowest BCUT2D eigenvalue weighted by Gasteiger charge is -2.26. The largest absolute Gasteiger partial charge is 0.396 e. The van der Waals surface area contributed by atoms with Gasteiger partial charge in [-0.15, -0.1) is 0 Å². The second-order valence-corrected chi connectivity index (χ2v) is 4.49. The van der Waals surface area contributed by atoms with Gasteiger partial charge in [0.15, 0.2) is 0 Å². The molecule has 0 radical (unpaired) electrons. The van der Waals surface area contributed by atoms with Crippen molar-refractivity contribution in [2.45, 2.75) is 13.5 Å². The highest BCUT2D eigenvalue weighted by Gasteiger charge is 2.22. The first kappa shape index (κ1) is 13.2. The van der Waals surface area contributed by atoms with Crippen LogP contribution in [0.2, 0.25) is 0 Å². The summed E-state index contributed by atoms with van der Waals surface area (Å²) in [4.78, 5) is 0. The molecule has 0 saturated carbocycles. The van der Waals surface area contributed by atoms with E-state index in [2.05, 4.69) is 17.4 Å². The lowest BCUT2D eigenvalue weighted by atomic mass is 9.93. The average molecular weight is 223 g/mol. The van der Waals surface area contributed by atoms with Gasteiger partial charge in [-0.2, -0.15) is 0 Å². The van der Waals surface area contributed by atoms with Crippen LogP contribution >= 0.6 is 0 Å². The Hall–Kier alpha value is -0.900. The van der Waals surface area contributed by atoms with Gasteiger partial charge in [0.1, 0.15) is 0 Å². The molecule has 90 valence electrons. The van der Waals surface area contributed by atoms with Crippen LogP contribution in [-0.2, 0) is 11.3 Å². The van der Waals surface area contributed by atoms with Crippen LogP contribution in [0.3, 0.4) is 0 Å². The second-order valence-electron chi connectivity index (χ2n) is 4.49. The molecular formula is C13H21NO2. The molecule has 0 aliphatic rings. The maximum absolute atomic E-state index is 9.29. The van der Waals surface area contributed by atoms with E-state index in [9.17, 15) is 5.11 Å². The van der Waals surface area contributed by atoms with Gasteiger partial charge in [-0.25, -0.2) is 0 Å². The van der Waals surface area contributed by atoms with Gasteiger partial charge in [0.2, 0.25) is 0 Å². The fourth-order valence-electron chi connectivity index (χ4n) is 1.61. The van der Waals surface area contributed by atoms with Crippen molar-refractivity contribution >= 4 is 0 Å². The Morgan fingerprint density at radius 2 is 2.00 bits per heavy atom. The summed E-state index contributed by atoms with van der Waals surface area (Å²) in [6.45, 7) is 4.26. The van der Waals surface area contributed by atoms with Gasteiger partial charge >= 0.3 is 0 Å². The fourth-order valence-corrected chi connectivity index (χ4v) is 1.61. The summed E-state index contributed by atoms with van der Waals surface area (Å²) in [7, 11) is 1.66. The van der Waals surface area contributed by atoms with Gasteiger partial charge in [0, 0.05) is 25.6 Å². The van der Waals surface area contributed by atoms with Crippen molar-refractivity contribution in [1.29, 1.82) is 0 Å². The van der Waals surface area contributed by atoms with E-state index < -0.39 is 0 Å². The number of hydrogen-bond donors (Lipinski definition) is 2. The van der Waals surface area contributed by atoms with Crippen LogP contribution in [0.25, 0.3) is 0 Å². The number of aliphatic hydroxyl groups excluding tert-OH is 1. The van der Waals surface area contributed by atoms with Crippen LogP contribution < -0.4 is 5.32 Å². The van der Waals surface area contributed by atoms with Crippen LogP contribution in [-0.4, -0.2) is 32.0 Å². The number of ether oxygens (including phenoxy) is 1. The zero-order valence-corrected chi connectivity index (χ0v) is 10.1. The number of aliphatic hydroxyl groups is 1. The van der Waals surface area contributed by atoms with Gasteiger partial charge in [0.05, 0.1) is 13.2 Å². The Bertz CT molecular complexity index is 289. The van der Waals surface area contributed by atoms with E-state index in [1.165, 1.54) is 5.56 Å². The maximum Gasteiger partial charge on any atom is 0.0550 e. The van der Waals surface area contributed by atoms with Crippen LogP contribution in [0.15, 0.2) is 30.3 Å². The summed E-state index contributed by atoms with van der Waals surface area (Å²) in [6.07, 6.45) is 0. The summed E-state index contributed by atoms with van der Waals surface area (Å²) in [5.74, 6) is 0. The van der Waals surface area contributed by atoms with Crippen LogP contribution in [0.4, 0.5) is 0 Å². The molecule has 3 nitrogen and oxygen atoms in total. The monoisotopic (exact) mass is 223 g/mol. The molecule has 0 fully saturated rings. The normalized spacial score (nSPS) is 14.7. The molecule has 0 saturated heterocycles. The average Bonchev–Trinajstić information content (AvgIpc) is 2.31. The van der Waals surface area contributed by atoms with E-state index in [4.69, 9.17) is 4.74 Å². The van der Waals surface area contributed by atoms with Crippen molar-refractivity contribution in [2.75, 3.05) is 26.9 Å². The Labute approximate surface area is 97.4 Å². The van der Waals surface area contributed by atoms with Gasteiger partial charge in [-0.1, -0.05) is 37.3 Å². The molecule has 0 aromatic heterocycles. The third kappa shape index (κ3) is 4.31.